The molecule has 2 aliphatic rings. The molecule has 1 aliphatic heterocycles. The lowest BCUT2D eigenvalue weighted by molar-refractivity contribution is -0.137. The van der Waals surface area contributed by atoms with Crippen molar-refractivity contribution in [2.45, 2.75) is 38.5 Å². The van der Waals surface area contributed by atoms with Crippen molar-refractivity contribution in [1.29, 1.82) is 0 Å². The standard InChI is InChI=1S/C16H19F3N4O3/c1-9-12(22-23-14(25)26-9)10-5-11(16(17,18)19)13(20-6-10)21-7-15(8-24)3-2-4-15/h5-6,9,24H,2-4,7-8H2,1H3,(H,20,21)(H,23,25). The summed E-state index contributed by atoms with van der Waals surface area (Å²) in [4.78, 5) is 15.0. The number of ether oxygens (including phenoxy) is 1. The van der Waals surface area contributed by atoms with Crippen LogP contribution in [0.25, 0.3) is 0 Å². The molecular weight excluding hydrogens is 353 g/mol. The number of nitrogens with one attached hydrogen (secondary N) is 2. The van der Waals surface area contributed by atoms with E-state index in [-0.39, 0.29) is 35.7 Å². The van der Waals surface area contributed by atoms with Crippen LogP contribution in [-0.4, -0.2) is 41.2 Å². The number of hydrogen-bond acceptors (Lipinski definition) is 6. The molecular formula is C16H19F3N4O3. The van der Waals surface area contributed by atoms with E-state index < -0.39 is 23.9 Å². The Bertz CT molecular complexity index is 726. The molecule has 1 atom stereocenters. The maximum Gasteiger partial charge on any atom is 0.428 e. The Balaban J connectivity index is 1.88. The number of aromatic nitrogens is 1. The molecule has 1 amide bonds. The Labute approximate surface area is 147 Å². The minimum atomic E-state index is -4.63. The first-order chi connectivity index (χ1) is 12.2. The van der Waals surface area contributed by atoms with Gasteiger partial charge in [0, 0.05) is 23.7 Å². The van der Waals surface area contributed by atoms with Gasteiger partial charge in [0.2, 0.25) is 0 Å². The maximum atomic E-state index is 13.5. The zero-order valence-corrected chi connectivity index (χ0v) is 14.1. The van der Waals surface area contributed by atoms with E-state index in [0.29, 0.717) is 0 Å². The smallest absolute Gasteiger partial charge is 0.428 e. The number of aliphatic hydroxyl groups is 1. The van der Waals surface area contributed by atoms with Gasteiger partial charge in [-0.15, -0.1) is 0 Å². The number of amides is 1. The number of hydrazone groups is 1. The number of hydrogen-bond donors (Lipinski definition) is 3. The lowest BCUT2D eigenvalue weighted by Gasteiger charge is -2.40. The number of alkyl halides is 3. The van der Waals surface area contributed by atoms with Gasteiger partial charge in [0.1, 0.15) is 17.6 Å². The van der Waals surface area contributed by atoms with Crippen LogP contribution in [-0.2, 0) is 10.9 Å². The summed E-state index contributed by atoms with van der Waals surface area (Å²) in [5.74, 6) is -0.296. The third-order valence-corrected chi connectivity index (χ3v) is 4.81. The van der Waals surface area contributed by atoms with E-state index >= 15 is 0 Å². The van der Waals surface area contributed by atoms with Gasteiger partial charge in [0.05, 0.1) is 12.2 Å². The average molecular weight is 372 g/mol. The minimum absolute atomic E-state index is 0.0786. The number of carbonyl (C=O) groups excluding carboxylic acids is 1. The Morgan fingerprint density at radius 3 is 2.73 bits per heavy atom. The van der Waals surface area contributed by atoms with Gasteiger partial charge in [0.15, 0.2) is 0 Å². The molecule has 1 unspecified atom stereocenters. The summed E-state index contributed by atoms with van der Waals surface area (Å²) in [6.07, 6.45) is -2.45. The second kappa shape index (κ2) is 6.75. The van der Waals surface area contributed by atoms with Crippen LogP contribution < -0.4 is 10.7 Å². The van der Waals surface area contributed by atoms with Crippen LogP contribution in [0.1, 0.15) is 37.3 Å². The molecule has 142 valence electrons. The van der Waals surface area contributed by atoms with E-state index in [1.54, 1.807) is 0 Å². The monoisotopic (exact) mass is 372 g/mol. The van der Waals surface area contributed by atoms with Crippen LogP contribution >= 0.6 is 0 Å². The summed E-state index contributed by atoms with van der Waals surface area (Å²) in [5, 5.41) is 16.0. The maximum absolute atomic E-state index is 13.5. The highest BCUT2D eigenvalue weighted by Crippen LogP contribution is 2.41. The summed E-state index contributed by atoms with van der Waals surface area (Å²) in [7, 11) is 0. The highest BCUT2D eigenvalue weighted by atomic mass is 19.4. The molecule has 1 aliphatic carbocycles. The number of aliphatic hydroxyl groups excluding tert-OH is 1. The van der Waals surface area contributed by atoms with Crippen LogP contribution in [0.2, 0.25) is 0 Å². The molecule has 0 radical (unpaired) electrons. The summed E-state index contributed by atoms with van der Waals surface area (Å²) >= 11 is 0. The predicted molar refractivity (Wildman–Crippen MR) is 86.7 cm³/mol. The molecule has 1 aromatic heterocycles. The van der Waals surface area contributed by atoms with Crippen molar-refractivity contribution in [2.75, 3.05) is 18.5 Å². The zero-order valence-electron chi connectivity index (χ0n) is 14.1. The predicted octanol–water partition coefficient (Wildman–Crippen LogP) is 2.51. The van der Waals surface area contributed by atoms with Gasteiger partial charge in [0.25, 0.3) is 0 Å². The fourth-order valence-corrected chi connectivity index (χ4v) is 3.04. The molecule has 1 saturated carbocycles. The van der Waals surface area contributed by atoms with Gasteiger partial charge in [-0.3, -0.25) is 0 Å². The van der Waals surface area contributed by atoms with E-state index in [2.05, 4.69) is 20.8 Å². The number of pyridine rings is 1. The van der Waals surface area contributed by atoms with Crippen LogP contribution in [0.4, 0.5) is 23.8 Å². The molecule has 1 fully saturated rings. The Morgan fingerprint density at radius 2 is 2.19 bits per heavy atom. The number of nitrogens with zero attached hydrogens (tertiary/aromatic N) is 2. The van der Waals surface area contributed by atoms with Crippen molar-refractivity contribution in [3.8, 4) is 0 Å². The topological polar surface area (TPSA) is 95.8 Å². The molecule has 0 spiro atoms. The number of anilines is 1. The SMILES string of the molecule is CC1OC(=O)NN=C1c1cnc(NCC2(CO)CCC2)c(C(F)(F)F)c1. The first kappa shape index (κ1) is 18.4. The molecule has 0 aromatic carbocycles. The third kappa shape index (κ3) is 3.59. The number of carbonyl (C=O) groups is 1. The van der Waals surface area contributed by atoms with Gasteiger partial charge in [-0.1, -0.05) is 6.42 Å². The average Bonchev–Trinajstić information content (AvgIpc) is 2.53. The normalized spacial score (nSPS) is 22.0. The Kier molecular flexibility index (Phi) is 4.78. The van der Waals surface area contributed by atoms with Crippen molar-refractivity contribution in [1.82, 2.24) is 10.4 Å². The summed E-state index contributed by atoms with van der Waals surface area (Å²) in [5.41, 5.74) is 1.01. The van der Waals surface area contributed by atoms with Gasteiger partial charge >= 0.3 is 12.3 Å². The first-order valence-electron chi connectivity index (χ1n) is 8.21. The van der Waals surface area contributed by atoms with E-state index in [9.17, 15) is 23.1 Å². The quantitative estimate of drug-likeness (QED) is 0.738. The molecule has 10 heteroatoms. The van der Waals surface area contributed by atoms with Gasteiger partial charge in [-0.25, -0.2) is 15.2 Å². The van der Waals surface area contributed by atoms with E-state index in [4.69, 9.17) is 4.74 Å². The third-order valence-electron chi connectivity index (χ3n) is 4.81. The van der Waals surface area contributed by atoms with Crippen molar-refractivity contribution in [3.05, 3.63) is 23.4 Å². The van der Waals surface area contributed by atoms with Crippen molar-refractivity contribution in [2.24, 2.45) is 10.5 Å². The summed E-state index contributed by atoms with van der Waals surface area (Å²) in [6.45, 7) is 1.65. The van der Waals surface area contributed by atoms with E-state index in [0.717, 1.165) is 25.3 Å². The second-order valence-electron chi connectivity index (χ2n) is 6.64. The van der Waals surface area contributed by atoms with Gasteiger partial charge in [-0.2, -0.15) is 18.3 Å². The van der Waals surface area contributed by atoms with E-state index in [1.807, 2.05) is 0 Å². The molecule has 0 bridgehead atoms. The molecule has 2 heterocycles. The van der Waals surface area contributed by atoms with Crippen molar-refractivity contribution in [3.63, 3.8) is 0 Å². The molecule has 3 rings (SSSR count). The Hall–Kier alpha value is -2.36. The number of rotatable bonds is 5. The fourth-order valence-electron chi connectivity index (χ4n) is 3.04. The zero-order chi connectivity index (χ0) is 18.9. The largest absolute Gasteiger partial charge is 0.439 e. The van der Waals surface area contributed by atoms with Crippen molar-refractivity contribution >= 4 is 17.6 Å². The number of halogens is 3. The number of cyclic esters (lactones) is 1. The Morgan fingerprint density at radius 1 is 1.46 bits per heavy atom. The fraction of sp³-hybridized carbons (Fsp3) is 0.562. The lowest BCUT2D eigenvalue weighted by atomic mass is 9.69. The van der Waals surface area contributed by atoms with E-state index in [1.165, 1.54) is 13.1 Å². The molecule has 7 nitrogen and oxygen atoms in total. The summed E-state index contributed by atoms with van der Waals surface area (Å²) in [6, 6.07) is 0.928. The minimum Gasteiger partial charge on any atom is -0.439 e. The summed E-state index contributed by atoms with van der Waals surface area (Å²) < 4.78 is 45.4. The molecule has 3 N–H and O–H groups in total. The van der Waals surface area contributed by atoms with Crippen molar-refractivity contribution < 1.29 is 27.8 Å². The molecule has 26 heavy (non-hydrogen) atoms. The van der Waals surface area contributed by atoms with Crippen LogP contribution in [0.3, 0.4) is 0 Å². The first-order valence-corrected chi connectivity index (χ1v) is 8.21. The van der Waals surface area contributed by atoms with Crippen LogP contribution in [0.5, 0.6) is 0 Å². The van der Waals surface area contributed by atoms with Gasteiger partial charge < -0.3 is 15.2 Å². The molecule has 1 aromatic rings. The van der Waals surface area contributed by atoms with Crippen LogP contribution in [0.15, 0.2) is 17.4 Å². The highest BCUT2D eigenvalue weighted by molar-refractivity contribution is 6.05. The van der Waals surface area contributed by atoms with Crippen LogP contribution in [0, 0.1) is 5.41 Å². The lowest BCUT2D eigenvalue weighted by Crippen LogP contribution is -2.40. The molecule has 0 saturated heterocycles. The highest BCUT2D eigenvalue weighted by Gasteiger charge is 2.39. The second-order valence-corrected chi connectivity index (χ2v) is 6.64. The van der Waals surface area contributed by atoms with Gasteiger partial charge in [-0.05, 0) is 25.8 Å².